The van der Waals surface area contributed by atoms with Crippen molar-refractivity contribution in [2.75, 3.05) is 5.88 Å². The molecule has 0 radical (unpaired) electrons. The fourth-order valence-electron chi connectivity index (χ4n) is 0.419. The van der Waals surface area contributed by atoms with Gasteiger partial charge in [0.25, 0.3) is 0 Å². The van der Waals surface area contributed by atoms with Gasteiger partial charge < -0.3 is 5.32 Å². The van der Waals surface area contributed by atoms with Gasteiger partial charge in [-0.15, -0.1) is 18.2 Å². The van der Waals surface area contributed by atoms with Crippen molar-refractivity contribution in [2.24, 2.45) is 0 Å². The molecule has 0 bridgehead atoms. The highest BCUT2D eigenvalue weighted by Crippen LogP contribution is 1.91. The summed E-state index contributed by atoms with van der Waals surface area (Å²) in [5.41, 5.74) is 0.837. The van der Waals surface area contributed by atoms with Crippen molar-refractivity contribution in [1.29, 1.82) is 0 Å². The van der Waals surface area contributed by atoms with Crippen molar-refractivity contribution in [3.8, 4) is 0 Å². The lowest BCUT2D eigenvalue weighted by molar-refractivity contribution is 0.734. The number of rotatable bonds is 4. The predicted octanol–water partition coefficient (Wildman–Crippen LogP) is 1.90. The monoisotopic (exact) mass is 145 g/mol. The molecule has 0 aliphatic heterocycles. The van der Waals surface area contributed by atoms with E-state index in [1.807, 2.05) is 6.92 Å². The van der Waals surface area contributed by atoms with E-state index < -0.39 is 0 Å². The average Bonchev–Trinajstić information content (AvgIpc) is 1.87. The third kappa shape index (κ3) is 4.10. The molecular formula is C7H12ClN. The molecule has 1 unspecified atom stereocenters. The molecule has 0 rings (SSSR count). The van der Waals surface area contributed by atoms with Crippen LogP contribution in [0.5, 0.6) is 0 Å². The Bertz CT molecular complexity index is 109. The molecule has 0 amide bonds. The molecule has 2 heteroatoms. The van der Waals surface area contributed by atoms with Crippen LogP contribution in [0.3, 0.4) is 0 Å². The second kappa shape index (κ2) is 4.45. The number of alkyl halides is 1. The molecule has 0 spiro atoms. The Labute approximate surface area is 61.4 Å². The van der Waals surface area contributed by atoms with E-state index >= 15 is 0 Å². The van der Waals surface area contributed by atoms with Crippen LogP contribution >= 0.6 is 11.6 Å². The van der Waals surface area contributed by atoms with E-state index in [4.69, 9.17) is 11.6 Å². The number of allylic oxidation sites excluding steroid dienone is 1. The van der Waals surface area contributed by atoms with Crippen LogP contribution in [0.25, 0.3) is 0 Å². The van der Waals surface area contributed by atoms with Gasteiger partial charge in [-0.1, -0.05) is 12.7 Å². The zero-order chi connectivity index (χ0) is 7.28. The van der Waals surface area contributed by atoms with Crippen LogP contribution in [0.2, 0.25) is 0 Å². The standard InChI is InChI=1S/C7H12ClN/c1-4-6(2)9-7(3)5-8/h4,6,9H,1,3,5H2,2H3. The van der Waals surface area contributed by atoms with Gasteiger partial charge in [-0.25, -0.2) is 0 Å². The minimum Gasteiger partial charge on any atom is -0.382 e. The summed E-state index contributed by atoms with van der Waals surface area (Å²) in [5, 5.41) is 3.03. The minimum atomic E-state index is 0.260. The highest BCUT2D eigenvalue weighted by atomic mass is 35.5. The van der Waals surface area contributed by atoms with Gasteiger partial charge in [-0.05, 0) is 6.92 Å². The number of hydrogen-bond donors (Lipinski definition) is 1. The predicted molar refractivity (Wildman–Crippen MR) is 42.7 cm³/mol. The SMILES string of the molecule is C=CC(C)NC(=C)CCl. The summed E-state index contributed by atoms with van der Waals surface area (Å²) in [6.45, 7) is 9.26. The molecule has 0 heterocycles. The zero-order valence-corrected chi connectivity index (χ0v) is 6.41. The van der Waals surface area contributed by atoms with Crippen molar-refractivity contribution in [3.05, 3.63) is 24.9 Å². The van der Waals surface area contributed by atoms with Gasteiger partial charge in [0.1, 0.15) is 0 Å². The maximum atomic E-state index is 5.46. The van der Waals surface area contributed by atoms with Crippen LogP contribution in [-0.2, 0) is 0 Å². The fraction of sp³-hybridized carbons (Fsp3) is 0.429. The van der Waals surface area contributed by atoms with Crippen LogP contribution < -0.4 is 5.32 Å². The first-order chi connectivity index (χ1) is 4.20. The number of hydrogen-bond acceptors (Lipinski definition) is 1. The quantitative estimate of drug-likeness (QED) is 0.471. The number of nitrogens with one attached hydrogen (secondary N) is 1. The van der Waals surface area contributed by atoms with E-state index in [1.165, 1.54) is 0 Å². The second-order valence-electron chi connectivity index (χ2n) is 1.91. The Morgan fingerprint density at radius 1 is 1.89 bits per heavy atom. The third-order valence-electron chi connectivity index (χ3n) is 0.947. The molecule has 1 nitrogen and oxygen atoms in total. The highest BCUT2D eigenvalue weighted by molar-refractivity contribution is 6.19. The molecular weight excluding hydrogens is 134 g/mol. The highest BCUT2D eigenvalue weighted by Gasteiger charge is 1.93. The molecule has 0 aliphatic rings. The molecule has 0 saturated carbocycles. The Kier molecular flexibility index (Phi) is 4.24. The first-order valence-electron chi connectivity index (χ1n) is 2.83. The summed E-state index contributed by atoms with van der Waals surface area (Å²) >= 11 is 5.46. The molecule has 0 aromatic heterocycles. The Morgan fingerprint density at radius 2 is 2.44 bits per heavy atom. The average molecular weight is 146 g/mol. The first-order valence-corrected chi connectivity index (χ1v) is 3.37. The first kappa shape index (κ1) is 8.57. The van der Waals surface area contributed by atoms with Crippen molar-refractivity contribution >= 4 is 11.6 Å². The van der Waals surface area contributed by atoms with Crippen LogP contribution in [0.15, 0.2) is 24.9 Å². The normalized spacial score (nSPS) is 12.2. The van der Waals surface area contributed by atoms with Gasteiger partial charge in [0.2, 0.25) is 0 Å². The molecule has 0 saturated heterocycles. The van der Waals surface area contributed by atoms with Gasteiger partial charge >= 0.3 is 0 Å². The fourth-order valence-corrected chi connectivity index (χ4v) is 0.497. The van der Waals surface area contributed by atoms with Gasteiger partial charge in [-0.2, -0.15) is 0 Å². The largest absolute Gasteiger partial charge is 0.382 e. The Balaban J connectivity index is 3.46. The maximum Gasteiger partial charge on any atom is 0.0615 e. The van der Waals surface area contributed by atoms with Gasteiger partial charge in [0.05, 0.1) is 5.88 Å². The van der Waals surface area contributed by atoms with E-state index in [2.05, 4.69) is 18.5 Å². The molecule has 0 fully saturated rings. The lowest BCUT2D eigenvalue weighted by Crippen LogP contribution is -2.22. The smallest absolute Gasteiger partial charge is 0.0615 e. The van der Waals surface area contributed by atoms with Crippen molar-refractivity contribution < 1.29 is 0 Å². The minimum absolute atomic E-state index is 0.260. The Hall–Kier alpha value is -0.430. The van der Waals surface area contributed by atoms with E-state index in [9.17, 15) is 0 Å². The van der Waals surface area contributed by atoms with Gasteiger partial charge in [-0.3, -0.25) is 0 Å². The Morgan fingerprint density at radius 3 is 2.78 bits per heavy atom. The van der Waals surface area contributed by atoms with Crippen LogP contribution in [-0.4, -0.2) is 11.9 Å². The lowest BCUT2D eigenvalue weighted by atomic mass is 10.3. The van der Waals surface area contributed by atoms with E-state index in [1.54, 1.807) is 6.08 Å². The number of halogens is 1. The molecule has 0 aromatic rings. The van der Waals surface area contributed by atoms with E-state index in [0.29, 0.717) is 5.88 Å². The molecule has 1 atom stereocenters. The van der Waals surface area contributed by atoms with E-state index in [-0.39, 0.29) is 6.04 Å². The second-order valence-corrected chi connectivity index (χ2v) is 2.17. The van der Waals surface area contributed by atoms with Gasteiger partial charge in [0, 0.05) is 11.7 Å². The summed E-state index contributed by atoms with van der Waals surface area (Å²) in [7, 11) is 0. The topological polar surface area (TPSA) is 12.0 Å². The molecule has 9 heavy (non-hydrogen) atoms. The molecule has 0 aliphatic carbocycles. The van der Waals surface area contributed by atoms with Crippen molar-refractivity contribution in [1.82, 2.24) is 5.32 Å². The molecule has 0 aromatic carbocycles. The summed E-state index contributed by atoms with van der Waals surface area (Å²) in [4.78, 5) is 0. The summed E-state index contributed by atoms with van der Waals surface area (Å²) in [6.07, 6.45) is 1.80. The van der Waals surface area contributed by atoms with Crippen molar-refractivity contribution in [2.45, 2.75) is 13.0 Å². The van der Waals surface area contributed by atoms with E-state index in [0.717, 1.165) is 5.70 Å². The summed E-state index contributed by atoms with van der Waals surface area (Å²) in [5.74, 6) is 0.457. The third-order valence-corrected chi connectivity index (χ3v) is 1.27. The van der Waals surface area contributed by atoms with Crippen LogP contribution in [0.1, 0.15) is 6.92 Å². The van der Waals surface area contributed by atoms with Crippen LogP contribution in [0.4, 0.5) is 0 Å². The summed E-state index contributed by atoms with van der Waals surface area (Å²) in [6, 6.07) is 0.260. The molecule has 1 N–H and O–H groups in total. The maximum absolute atomic E-state index is 5.46. The van der Waals surface area contributed by atoms with Crippen LogP contribution in [0, 0.1) is 0 Å². The summed E-state index contributed by atoms with van der Waals surface area (Å²) < 4.78 is 0. The van der Waals surface area contributed by atoms with Gasteiger partial charge in [0.15, 0.2) is 0 Å². The lowest BCUT2D eigenvalue weighted by Gasteiger charge is -2.09. The molecule has 52 valence electrons. The zero-order valence-electron chi connectivity index (χ0n) is 5.65. The van der Waals surface area contributed by atoms with Crippen molar-refractivity contribution in [3.63, 3.8) is 0 Å².